The molecule has 11 heteroatoms. The van der Waals surface area contributed by atoms with Crippen LogP contribution in [0.3, 0.4) is 0 Å². The topological polar surface area (TPSA) is 138 Å². The Labute approximate surface area is 182 Å². The molecular formula is C20H24N6O4S. The van der Waals surface area contributed by atoms with Gasteiger partial charge in [-0.2, -0.15) is 0 Å². The Kier molecular flexibility index (Phi) is 6.03. The third-order valence-electron chi connectivity index (χ3n) is 5.26. The van der Waals surface area contributed by atoms with Crippen LogP contribution in [0.5, 0.6) is 11.5 Å². The van der Waals surface area contributed by atoms with Crippen LogP contribution in [-0.2, 0) is 6.54 Å². The highest BCUT2D eigenvalue weighted by Gasteiger charge is 2.32. The van der Waals surface area contributed by atoms with Gasteiger partial charge in [0.1, 0.15) is 17.0 Å². The van der Waals surface area contributed by atoms with Gasteiger partial charge < -0.3 is 29.4 Å². The summed E-state index contributed by atoms with van der Waals surface area (Å²) in [6, 6.07) is 5.42. The first-order chi connectivity index (χ1) is 15.0. The summed E-state index contributed by atoms with van der Waals surface area (Å²) in [6.45, 7) is 0.544. The average Bonchev–Trinajstić information content (AvgIpc) is 3.51. The molecule has 164 valence electrons. The number of benzene rings is 1. The van der Waals surface area contributed by atoms with Crippen molar-refractivity contribution in [3.05, 3.63) is 30.0 Å². The van der Waals surface area contributed by atoms with Crippen LogP contribution in [0.25, 0.3) is 11.2 Å². The molecule has 0 radical (unpaired) electrons. The minimum atomic E-state index is -1.00. The predicted molar refractivity (Wildman–Crippen MR) is 114 cm³/mol. The molecule has 0 spiro atoms. The Morgan fingerprint density at radius 2 is 2.23 bits per heavy atom. The van der Waals surface area contributed by atoms with Crippen LogP contribution in [0.4, 0.5) is 4.79 Å². The fraction of sp³-hybridized carbons (Fsp3) is 0.400. The summed E-state index contributed by atoms with van der Waals surface area (Å²) in [5.74, 6) is 1.78. The van der Waals surface area contributed by atoms with Crippen molar-refractivity contribution < 1.29 is 19.4 Å². The molecule has 0 saturated heterocycles. The first-order valence-corrected chi connectivity index (χ1v) is 10.7. The van der Waals surface area contributed by atoms with E-state index < -0.39 is 6.09 Å². The van der Waals surface area contributed by atoms with Crippen LogP contribution in [0, 0.1) is 11.3 Å². The summed E-state index contributed by atoms with van der Waals surface area (Å²) in [7, 11) is 3.21. The number of carbonyl (C=O) groups is 1. The monoisotopic (exact) mass is 444 g/mol. The van der Waals surface area contributed by atoms with Gasteiger partial charge in [-0.25, -0.2) is 14.8 Å². The van der Waals surface area contributed by atoms with E-state index in [1.165, 1.54) is 11.8 Å². The van der Waals surface area contributed by atoms with E-state index in [2.05, 4.69) is 20.3 Å². The Morgan fingerprint density at radius 1 is 1.42 bits per heavy atom. The molecule has 1 amide bonds. The number of methoxy groups -OCH3 is 2. The third-order valence-corrected chi connectivity index (χ3v) is 6.18. The first kappa shape index (κ1) is 21.0. The van der Waals surface area contributed by atoms with Crippen LogP contribution < -0.4 is 20.3 Å². The highest BCUT2D eigenvalue weighted by Crippen LogP contribution is 2.37. The molecule has 2 aromatic heterocycles. The van der Waals surface area contributed by atoms with Crippen LogP contribution in [0.15, 0.2) is 34.6 Å². The van der Waals surface area contributed by atoms with E-state index in [1.807, 2.05) is 22.8 Å². The molecule has 1 fully saturated rings. The number of fused-ring (bicyclic) bond motifs is 1. The average molecular weight is 445 g/mol. The number of ether oxygens (including phenoxy) is 2. The van der Waals surface area contributed by atoms with Crippen molar-refractivity contribution in [1.82, 2.24) is 24.8 Å². The van der Waals surface area contributed by atoms with Crippen molar-refractivity contribution in [3.8, 4) is 11.5 Å². The van der Waals surface area contributed by atoms with E-state index in [0.29, 0.717) is 46.7 Å². The SMILES string of the molecule is COc1ccc(OC)c(Sc2nc3c([nH]2)c(=N)ncn3CCC(NC(=O)O)C2CC2)c1. The highest BCUT2D eigenvalue weighted by atomic mass is 32.2. The van der Waals surface area contributed by atoms with Crippen molar-refractivity contribution in [2.24, 2.45) is 5.92 Å². The molecule has 0 bridgehead atoms. The summed E-state index contributed by atoms with van der Waals surface area (Å²) in [4.78, 5) is 23.9. The molecule has 1 aliphatic carbocycles. The zero-order valence-electron chi connectivity index (χ0n) is 17.2. The van der Waals surface area contributed by atoms with E-state index in [4.69, 9.17) is 20.0 Å². The Hall–Kier alpha value is -3.21. The Bertz CT molecular complexity index is 1160. The normalized spacial score (nSPS) is 14.4. The van der Waals surface area contributed by atoms with Gasteiger partial charge in [0.05, 0.1) is 25.4 Å². The number of hydrogen-bond acceptors (Lipinski definition) is 7. The Morgan fingerprint density at radius 3 is 2.90 bits per heavy atom. The van der Waals surface area contributed by atoms with Crippen LogP contribution in [0.2, 0.25) is 0 Å². The summed E-state index contributed by atoms with van der Waals surface area (Å²) < 4.78 is 12.6. The fourth-order valence-corrected chi connectivity index (χ4v) is 4.42. The van der Waals surface area contributed by atoms with Gasteiger partial charge in [0, 0.05) is 12.6 Å². The molecule has 1 atom stereocenters. The van der Waals surface area contributed by atoms with Crippen LogP contribution in [0.1, 0.15) is 19.3 Å². The second-order valence-corrected chi connectivity index (χ2v) is 8.36. The number of hydrogen-bond donors (Lipinski definition) is 4. The molecule has 1 unspecified atom stereocenters. The van der Waals surface area contributed by atoms with Crippen LogP contribution in [-0.4, -0.2) is 51.0 Å². The van der Waals surface area contributed by atoms with Gasteiger partial charge in [-0.05, 0) is 55.1 Å². The molecule has 31 heavy (non-hydrogen) atoms. The number of aromatic nitrogens is 4. The van der Waals surface area contributed by atoms with Crippen molar-refractivity contribution in [2.75, 3.05) is 14.2 Å². The van der Waals surface area contributed by atoms with Crippen molar-refractivity contribution in [2.45, 2.75) is 41.9 Å². The summed E-state index contributed by atoms with van der Waals surface area (Å²) >= 11 is 1.37. The first-order valence-electron chi connectivity index (χ1n) is 9.87. The Balaban J connectivity index is 1.60. The molecular weight excluding hydrogens is 420 g/mol. The van der Waals surface area contributed by atoms with Gasteiger partial charge in [-0.1, -0.05) is 0 Å². The van der Waals surface area contributed by atoms with E-state index >= 15 is 0 Å². The zero-order chi connectivity index (χ0) is 22.0. The molecule has 4 N–H and O–H groups in total. The number of rotatable bonds is 9. The predicted octanol–water partition coefficient (Wildman–Crippen LogP) is 2.84. The number of aryl methyl sites for hydroxylation is 1. The quantitative estimate of drug-likeness (QED) is 0.398. The lowest BCUT2D eigenvalue weighted by Gasteiger charge is -2.17. The zero-order valence-corrected chi connectivity index (χ0v) is 18.0. The third kappa shape index (κ3) is 4.76. The van der Waals surface area contributed by atoms with Crippen LogP contribution >= 0.6 is 11.8 Å². The number of H-pyrrole nitrogens is 1. The van der Waals surface area contributed by atoms with Crippen molar-refractivity contribution in [1.29, 1.82) is 5.41 Å². The lowest BCUT2D eigenvalue weighted by molar-refractivity contribution is 0.186. The molecule has 4 rings (SSSR count). The van der Waals surface area contributed by atoms with E-state index in [-0.39, 0.29) is 11.5 Å². The molecule has 0 aliphatic heterocycles. The van der Waals surface area contributed by atoms with E-state index in [9.17, 15) is 4.79 Å². The van der Waals surface area contributed by atoms with Gasteiger partial charge in [0.2, 0.25) is 0 Å². The largest absolute Gasteiger partial charge is 0.497 e. The van der Waals surface area contributed by atoms with Gasteiger partial charge in [0.15, 0.2) is 16.3 Å². The second kappa shape index (κ2) is 8.88. The lowest BCUT2D eigenvalue weighted by atomic mass is 10.1. The number of nitrogens with one attached hydrogen (secondary N) is 3. The second-order valence-electron chi connectivity index (χ2n) is 7.33. The summed E-state index contributed by atoms with van der Waals surface area (Å²) in [5.41, 5.74) is 1.24. The van der Waals surface area contributed by atoms with Gasteiger partial charge in [-0.3, -0.25) is 5.41 Å². The van der Waals surface area contributed by atoms with E-state index in [0.717, 1.165) is 17.7 Å². The maximum absolute atomic E-state index is 11.1. The van der Waals surface area contributed by atoms with E-state index in [1.54, 1.807) is 20.5 Å². The number of nitrogens with zero attached hydrogens (tertiary/aromatic N) is 3. The maximum Gasteiger partial charge on any atom is 0.404 e. The van der Waals surface area contributed by atoms with Gasteiger partial charge >= 0.3 is 6.09 Å². The fourth-order valence-electron chi connectivity index (χ4n) is 3.50. The summed E-state index contributed by atoms with van der Waals surface area (Å²) in [5, 5.41) is 20.5. The minimum absolute atomic E-state index is 0.0930. The molecule has 1 saturated carbocycles. The number of imidazole rings is 1. The highest BCUT2D eigenvalue weighted by molar-refractivity contribution is 7.99. The molecule has 1 aromatic carbocycles. The number of aromatic amines is 1. The van der Waals surface area contributed by atoms with Gasteiger partial charge in [0.25, 0.3) is 0 Å². The smallest absolute Gasteiger partial charge is 0.404 e. The maximum atomic E-state index is 11.1. The molecule has 1 aliphatic rings. The van der Waals surface area contributed by atoms with Crippen molar-refractivity contribution in [3.63, 3.8) is 0 Å². The molecule has 3 aromatic rings. The lowest BCUT2D eigenvalue weighted by Crippen LogP contribution is -2.36. The number of amides is 1. The van der Waals surface area contributed by atoms with Gasteiger partial charge in [-0.15, -0.1) is 0 Å². The standard InChI is InChI=1S/C20H24N6O4S/c1-29-12-5-6-14(30-2)15(9-12)31-19-24-16-17(21)22-10-26(18(16)25-19)8-7-13(11-3-4-11)23-20(27)28/h5-6,9-11,13,21,23H,3-4,7-8H2,1-2H3,(H,24,25)(H,27,28). The molecule has 2 heterocycles. The molecule has 10 nitrogen and oxygen atoms in total. The van der Waals surface area contributed by atoms with Crippen molar-refractivity contribution >= 4 is 29.0 Å². The minimum Gasteiger partial charge on any atom is -0.497 e. The summed E-state index contributed by atoms with van der Waals surface area (Å²) in [6.07, 6.45) is 3.30. The number of carboxylic acid groups (broad SMARTS) is 1.